The second-order valence-corrected chi connectivity index (χ2v) is 3.85. The lowest BCUT2D eigenvalue weighted by Crippen LogP contribution is -2.22. The van der Waals surface area contributed by atoms with Crippen LogP contribution >= 0.6 is 0 Å². The minimum absolute atomic E-state index is 0.403. The van der Waals surface area contributed by atoms with Crippen LogP contribution in [-0.2, 0) is 0 Å². The molecule has 2 heteroatoms. The van der Waals surface area contributed by atoms with E-state index in [9.17, 15) is 4.39 Å². The molecule has 2 rings (SSSR count). The van der Waals surface area contributed by atoms with Crippen molar-refractivity contribution >= 4 is 0 Å². The smallest absolute Gasteiger partial charge is 0.100 e. The maximum Gasteiger partial charge on any atom is 0.100 e. The first-order valence-corrected chi connectivity index (χ1v) is 4.13. The third kappa shape index (κ3) is 0.858. The fraction of sp³-hybridized carbons (Fsp3) is 1.00. The minimum atomic E-state index is -0.529. The van der Waals surface area contributed by atoms with Crippen molar-refractivity contribution in [3.8, 4) is 0 Å². The van der Waals surface area contributed by atoms with Crippen molar-refractivity contribution in [1.82, 2.24) is 0 Å². The van der Waals surface area contributed by atoms with Crippen LogP contribution < -0.4 is 5.73 Å². The van der Waals surface area contributed by atoms with Gasteiger partial charge in [-0.05, 0) is 37.5 Å². The standard InChI is InChI=1S/C8H14FN/c9-6-1-3-8(4-2-6)5-7(8)10/h6-7H,1-5,10H2/t6?,7-,8?/m1/s1. The van der Waals surface area contributed by atoms with Gasteiger partial charge in [-0.15, -0.1) is 0 Å². The van der Waals surface area contributed by atoms with Crippen molar-refractivity contribution in [2.75, 3.05) is 0 Å². The van der Waals surface area contributed by atoms with E-state index < -0.39 is 6.17 Å². The summed E-state index contributed by atoms with van der Waals surface area (Å²) in [7, 11) is 0. The molecule has 1 spiro atoms. The summed E-state index contributed by atoms with van der Waals surface area (Å²) in [6, 6.07) is 0.403. The van der Waals surface area contributed by atoms with Gasteiger partial charge < -0.3 is 5.73 Å². The summed E-state index contributed by atoms with van der Waals surface area (Å²) in [6.45, 7) is 0. The van der Waals surface area contributed by atoms with Crippen LogP contribution in [-0.4, -0.2) is 12.2 Å². The topological polar surface area (TPSA) is 26.0 Å². The first-order chi connectivity index (χ1) is 4.73. The lowest BCUT2D eigenvalue weighted by atomic mass is 9.85. The Kier molecular flexibility index (Phi) is 1.28. The van der Waals surface area contributed by atoms with Crippen LogP contribution in [0.25, 0.3) is 0 Å². The predicted molar refractivity (Wildman–Crippen MR) is 38.4 cm³/mol. The average molecular weight is 143 g/mol. The van der Waals surface area contributed by atoms with E-state index in [1.54, 1.807) is 0 Å². The number of hydrogen-bond acceptors (Lipinski definition) is 1. The van der Waals surface area contributed by atoms with E-state index in [1.165, 1.54) is 0 Å². The fourth-order valence-electron chi connectivity index (χ4n) is 2.11. The predicted octanol–water partition coefficient (Wildman–Crippen LogP) is 1.62. The highest BCUT2D eigenvalue weighted by atomic mass is 19.1. The molecule has 0 bridgehead atoms. The van der Waals surface area contributed by atoms with Crippen LogP contribution in [0.5, 0.6) is 0 Å². The molecular formula is C8H14FN. The van der Waals surface area contributed by atoms with E-state index in [-0.39, 0.29) is 0 Å². The first kappa shape index (κ1) is 6.59. The molecule has 2 fully saturated rings. The highest BCUT2D eigenvalue weighted by molar-refractivity contribution is 5.07. The van der Waals surface area contributed by atoms with Crippen LogP contribution in [0.15, 0.2) is 0 Å². The summed E-state index contributed by atoms with van der Waals surface area (Å²) in [5.74, 6) is 0. The molecule has 1 atom stereocenters. The van der Waals surface area contributed by atoms with Crippen molar-refractivity contribution in [3.05, 3.63) is 0 Å². The molecule has 0 unspecified atom stereocenters. The molecule has 0 aromatic rings. The van der Waals surface area contributed by atoms with E-state index in [1.807, 2.05) is 0 Å². The second kappa shape index (κ2) is 1.94. The second-order valence-electron chi connectivity index (χ2n) is 3.85. The monoisotopic (exact) mass is 143 g/mol. The molecule has 10 heavy (non-hydrogen) atoms. The number of rotatable bonds is 0. The Bertz CT molecular complexity index is 138. The largest absolute Gasteiger partial charge is 0.327 e. The zero-order valence-corrected chi connectivity index (χ0v) is 6.15. The summed E-state index contributed by atoms with van der Waals surface area (Å²) < 4.78 is 12.6. The van der Waals surface area contributed by atoms with Crippen molar-refractivity contribution in [1.29, 1.82) is 0 Å². The molecule has 2 saturated carbocycles. The molecule has 0 radical (unpaired) electrons. The molecule has 1 nitrogen and oxygen atoms in total. The molecule has 0 aromatic carbocycles. The van der Waals surface area contributed by atoms with Crippen LogP contribution in [0.3, 0.4) is 0 Å². The van der Waals surface area contributed by atoms with Gasteiger partial charge in [0, 0.05) is 6.04 Å². The molecule has 0 aliphatic heterocycles. The molecule has 2 aliphatic carbocycles. The van der Waals surface area contributed by atoms with Gasteiger partial charge in [-0.2, -0.15) is 0 Å². The van der Waals surface area contributed by atoms with Crippen LogP contribution in [0.1, 0.15) is 32.1 Å². The normalized spacial score (nSPS) is 53.4. The summed E-state index contributed by atoms with van der Waals surface area (Å²) in [4.78, 5) is 0. The zero-order chi connectivity index (χ0) is 7.19. The lowest BCUT2D eigenvalue weighted by molar-refractivity contribution is 0.192. The average Bonchev–Trinajstić information content (AvgIpc) is 2.53. The summed E-state index contributed by atoms with van der Waals surface area (Å²) in [6.07, 6.45) is 4.21. The van der Waals surface area contributed by atoms with Gasteiger partial charge in [0.05, 0.1) is 0 Å². The zero-order valence-electron chi connectivity index (χ0n) is 6.15. The van der Waals surface area contributed by atoms with Crippen molar-refractivity contribution < 1.29 is 4.39 Å². The van der Waals surface area contributed by atoms with E-state index in [2.05, 4.69) is 0 Å². The fourth-order valence-corrected chi connectivity index (χ4v) is 2.11. The van der Waals surface area contributed by atoms with Gasteiger partial charge in [-0.25, -0.2) is 4.39 Å². The number of hydrogen-bond donors (Lipinski definition) is 1. The highest BCUT2D eigenvalue weighted by Gasteiger charge is 2.52. The Balaban J connectivity index is 1.93. The molecule has 0 amide bonds. The summed E-state index contributed by atoms with van der Waals surface area (Å²) >= 11 is 0. The van der Waals surface area contributed by atoms with E-state index in [4.69, 9.17) is 5.73 Å². The molecule has 2 aliphatic rings. The molecule has 0 aromatic heterocycles. The highest BCUT2D eigenvalue weighted by Crippen LogP contribution is 2.55. The van der Waals surface area contributed by atoms with Crippen LogP contribution in [0.4, 0.5) is 4.39 Å². The van der Waals surface area contributed by atoms with Crippen molar-refractivity contribution in [3.63, 3.8) is 0 Å². The third-order valence-electron chi connectivity index (χ3n) is 3.16. The van der Waals surface area contributed by atoms with Gasteiger partial charge in [0.25, 0.3) is 0 Å². The Labute approximate surface area is 60.8 Å². The number of alkyl halides is 1. The number of halogens is 1. The van der Waals surface area contributed by atoms with Crippen LogP contribution in [0.2, 0.25) is 0 Å². The van der Waals surface area contributed by atoms with Gasteiger partial charge in [0.1, 0.15) is 6.17 Å². The summed E-state index contributed by atoms with van der Waals surface area (Å²) in [5, 5.41) is 0. The molecule has 2 N–H and O–H groups in total. The minimum Gasteiger partial charge on any atom is -0.327 e. The lowest BCUT2D eigenvalue weighted by Gasteiger charge is -2.23. The van der Waals surface area contributed by atoms with Gasteiger partial charge in [0.15, 0.2) is 0 Å². The SMILES string of the molecule is N[C@@H]1CC12CCC(F)CC2. The molecule has 0 heterocycles. The van der Waals surface area contributed by atoms with Crippen molar-refractivity contribution in [2.24, 2.45) is 11.1 Å². The van der Waals surface area contributed by atoms with E-state index in [0.29, 0.717) is 11.5 Å². The Hall–Kier alpha value is -0.110. The van der Waals surface area contributed by atoms with Crippen LogP contribution in [0, 0.1) is 5.41 Å². The van der Waals surface area contributed by atoms with Gasteiger partial charge in [0.2, 0.25) is 0 Å². The first-order valence-electron chi connectivity index (χ1n) is 4.13. The molecule has 0 saturated heterocycles. The van der Waals surface area contributed by atoms with Gasteiger partial charge >= 0.3 is 0 Å². The Morgan fingerprint density at radius 2 is 1.80 bits per heavy atom. The van der Waals surface area contributed by atoms with E-state index in [0.717, 1.165) is 32.1 Å². The van der Waals surface area contributed by atoms with Gasteiger partial charge in [-0.1, -0.05) is 0 Å². The molecular weight excluding hydrogens is 129 g/mol. The van der Waals surface area contributed by atoms with Crippen molar-refractivity contribution in [2.45, 2.75) is 44.3 Å². The third-order valence-corrected chi connectivity index (χ3v) is 3.16. The molecule has 58 valence electrons. The quantitative estimate of drug-likeness (QED) is 0.548. The van der Waals surface area contributed by atoms with E-state index >= 15 is 0 Å². The summed E-state index contributed by atoms with van der Waals surface area (Å²) in [5.41, 5.74) is 6.16. The maximum atomic E-state index is 12.6. The number of nitrogens with two attached hydrogens (primary N) is 1. The Morgan fingerprint density at radius 3 is 2.20 bits per heavy atom. The maximum absolute atomic E-state index is 12.6. The van der Waals surface area contributed by atoms with Gasteiger partial charge in [-0.3, -0.25) is 0 Å². The Morgan fingerprint density at radius 1 is 1.30 bits per heavy atom.